The van der Waals surface area contributed by atoms with E-state index in [4.69, 9.17) is 28.4 Å². The van der Waals surface area contributed by atoms with Crippen molar-refractivity contribution < 1.29 is 28.4 Å². The van der Waals surface area contributed by atoms with E-state index in [0.717, 1.165) is 87.8 Å². The van der Waals surface area contributed by atoms with Crippen LogP contribution in [0.3, 0.4) is 0 Å². The molecule has 0 aliphatic carbocycles. The Balaban J connectivity index is 0.950. The van der Waals surface area contributed by atoms with Gasteiger partial charge in [0, 0.05) is 48.8 Å². The predicted molar refractivity (Wildman–Crippen MR) is 135 cm³/mol. The van der Waals surface area contributed by atoms with Crippen LogP contribution in [0.4, 0.5) is 0 Å². The summed E-state index contributed by atoms with van der Waals surface area (Å²) in [6.45, 7) is 13.0. The topological polar surface area (TPSA) is 65.3 Å². The second-order valence-corrected chi connectivity index (χ2v) is 11.2. The summed E-state index contributed by atoms with van der Waals surface area (Å²) in [5.74, 6) is 6.89. The van der Waals surface area contributed by atoms with Crippen LogP contribution in [-0.2, 0) is 28.4 Å². The standard InChI is InChI=1S/C30H38O6/c1-16(2)28-25(34-28)10-17(3)29-26(35-29)11-18(4)30-27(36-30)12-24-21(15-33-24)7-9-23-20(14-32-23)6-8-22-19(5)13-31-22/h25-27H,6-15H2,1-5H3/b29-17-,30-18-. The summed E-state index contributed by atoms with van der Waals surface area (Å²) in [6.07, 6.45) is 7.36. The molecule has 0 spiro atoms. The number of rotatable bonds is 12. The highest BCUT2D eigenvalue weighted by atomic mass is 16.6. The van der Waals surface area contributed by atoms with Crippen molar-refractivity contribution in [3.63, 3.8) is 0 Å². The minimum atomic E-state index is 0.163. The summed E-state index contributed by atoms with van der Waals surface area (Å²) < 4.78 is 34.6. The van der Waals surface area contributed by atoms with Crippen LogP contribution in [0.15, 0.2) is 68.0 Å². The van der Waals surface area contributed by atoms with Crippen LogP contribution in [0.5, 0.6) is 0 Å². The fraction of sp³-hybridized carbons (Fsp3) is 0.600. The zero-order chi connectivity index (χ0) is 25.0. The van der Waals surface area contributed by atoms with Crippen molar-refractivity contribution in [3.05, 3.63) is 68.0 Å². The second-order valence-electron chi connectivity index (χ2n) is 11.2. The first-order valence-electron chi connectivity index (χ1n) is 13.4. The molecule has 3 saturated heterocycles. The molecule has 3 unspecified atom stereocenters. The lowest BCUT2D eigenvalue weighted by Crippen LogP contribution is -2.19. The van der Waals surface area contributed by atoms with Gasteiger partial charge in [0.2, 0.25) is 0 Å². The number of ether oxygens (including phenoxy) is 6. The summed E-state index contributed by atoms with van der Waals surface area (Å²) in [5.41, 5.74) is 8.13. The Labute approximate surface area is 214 Å². The van der Waals surface area contributed by atoms with E-state index in [-0.39, 0.29) is 18.3 Å². The van der Waals surface area contributed by atoms with Crippen molar-refractivity contribution in [2.75, 3.05) is 19.8 Å². The van der Waals surface area contributed by atoms with Gasteiger partial charge in [-0.1, -0.05) is 0 Å². The van der Waals surface area contributed by atoms with Crippen molar-refractivity contribution in [3.8, 4) is 0 Å². The molecular weight excluding hydrogens is 456 g/mol. The van der Waals surface area contributed by atoms with Gasteiger partial charge in [-0.3, -0.25) is 0 Å². The molecule has 0 saturated carbocycles. The van der Waals surface area contributed by atoms with E-state index < -0.39 is 0 Å². The van der Waals surface area contributed by atoms with Crippen LogP contribution in [0.1, 0.15) is 79.6 Å². The Morgan fingerprint density at radius 3 is 1.67 bits per heavy atom. The maximum atomic E-state index is 5.94. The molecule has 0 bridgehead atoms. The number of allylic oxidation sites excluding steroid dienone is 3. The van der Waals surface area contributed by atoms with Gasteiger partial charge in [0.15, 0.2) is 18.3 Å². The summed E-state index contributed by atoms with van der Waals surface area (Å²) >= 11 is 0. The van der Waals surface area contributed by atoms with Crippen LogP contribution < -0.4 is 0 Å². The minimum Gasteiger partial charge on any atom is -0.493 e. The van der Waals surface area contributed by atoms with E-state index in [9.17, 15) is 0 Å². The fourth-order valence-corrected chi connectivity index (χ4v) is 5.44. The van der Waals surface area contributed by atoms with Gasteiger partial charge in [0.1, 0.15) is 42.9 Å². The van der Waals surface area contributed by atoms with E-state index in [1.165, 1.54) is 45.0 Å². The summed E-state index contributed by atoms with van der Waals surface area (Å²) in [4.78, 5) is 0. The molecule has 0 amide bonds. The molecule has 6 heterocycles. The van der Waals surface area contributed by atoms with Gasteiger partial charge in [-0.2, -0.15) is 0 Å². The molecule has 6 nitrogen and oxygen atoms in total. The van der Waals surface area contributed by atoms with Crippen molar-refractivity contribution in [2.45, 2.75) is 97.9 Å². The molecule has 194 valence electrons. The highest BCUT2D eigenvalue weighted by Crippen LogP contribution is 2.45. The largest absolute Gasteiger partial charge is 0.493 e. The first-order valence-corrected chi connectivity index (χ1v) is 13.4. The highest BCUT2D eigenvalue weighted by Gasteiger charge is 2.43. The number of hydrogen-bond donors (Lipinski definition) is 0. The lowest BCUT2D eigenvalue weighted by molar-refractivity contribution is 0.140. The first kappa shape index (κ1) is 23.6. The maximum absolute atomic E-state index is 5.94. The van der Waals surface area contributed by atoms with Crippen molar-refractivity contribution in [1.29, 1.82) is 0 Å². The molecule has 0 aromatic rings. The van der Waals surface area contributed by atoms with E-state index in [2.05, 4.69) is 34.6 Å². The smallest absolute Gasteiger partial charge is 0.162 e. The highest BCUT2D eigenvalue weighted by molar-refractivity contribution is 5.33. The van der Waals surface area contributed by atoms with Crippen LogP contribution in [-0.4, -0.2) is 38.1 Å². The Hall–Kier alpha value is -2.76. The Kier molecular flexibility index (Phi) is 6.09. The Bertz CT molecular complexity index is 1160. The average molecular weight is 495 g/mol. The number of epoxide rings is 3. The molecule has 0 aromatic carbocycles. The minimum absolute atomic E-state index is 0.163. The zero-order valence-electron chi connectivity index (χ0n) is 22.3. The van der Waals surface area contributed by atoms with Crippen LogP contribution >= 0.6 is 0 Å². The summed E-state index contributed by atoms with van der Waals surface area (Å²) in [5, 5.41) is 0. The predicted octanol–water partition coefficient (Wildman–Crippen LogP) is 6.63. The molecule has 6 aliphatic rings. The third-order valence-electron chi connectivity index (χ3n) is 8.08. The third kappa shape index (κ3) is 4.91. The average Bonchev–Trinajstić information content (AvgIpc) is 3.68. The maximum Gasteiger partial charge on any atom is 0.162 e. The normalized spacial score (nSPS) is 29.9. The molecule has 6 aliphatic heterocycles. The van der Waals surface area contributed by atoms with Gasteiger partial charge in [0.25, 0.3) is 0 Å². The molecule has 6 rings (SSSR count). The zero-order valence-corrected chi connectivity index (χ0v) is 22.3. The van der Waals surface area contributed by atoms with Crippen LogP contribution in [0.2, 0.25) is 0 Å². The summed E-state index contributed by atoms with van der Waals surface area (Å²) in [7, 11) is 0. The van der Waals surface area contributed by atoms with Crippen LogP contribution in [0, 0.1) is 0 Å². The van der Waals surface area contributed by atoms with Crippen molar-refractivity contribution in [1.82, 2.24) is 0 Å². The molecular formula is C30H38O6. The molecule has 0 aromatic heterocycles. The van der Waals surface area contributed by atoms with Crippen LogP contribution in [0.25, 0.3) is 0 Å². The van der Waals surface area contributed by atoms with E-state index >= 15 is 0 Å². The second kappa shape index (κ2) is 9.28. The molecule has 0 radical (unpaired) electrons. The quantitative estimate of drug-likeness (QED) is 0.284. The first-order chi connectivity index (χ1) is 17.4. The van der Waals surface area contributed by atoms with Gasteiger partial charge >= 0.3 is 0 Å². The van der Waals surface area contributed by atoms with Gasteiger partial charge in [-0.25, -0.2) is 0 Å². The third-order valence-corrected chi connectivity index (χ3v) is 8.08. The fourth-order valence-electron chi connectivity index (χ4n) is 5.44. The van der Waals surface area contributed by atoms with E-state index in [1.54, 1.807) is 0 Å². The molecule has 3 atom stereocenters. The van der Waals surface area contributed by atoms with Gasteiger partial charge < -0.3 is 28.4 Å². The SMILES string of the molecule is CC(C)=C1OC1C/C(C)=C1\OC1C/C(C)=C1\OC1CC1=C(CCC2=C(CCC3=C(C)CO3)CO2)CO1. The van der Waals surface area contributed by atoms with Gasteiger partial charge in [-0.15, -0.1) is 0 Å². The Morgan fingerprint density at radius 1 is 0.611 bits per heavy atom. The molecule has 0 N–H and O–H groups in total. The molecule has 6 heteroatoms. The van der Waals surface area contributed by atoms with Crippen molar-refractivity contribution >= 4 is 0 Å². The van der Waals surface area contributed by atoms with Gasteiger partial charge in [0.05, 0.1) is 11.5 Å². The van der Waals surface area contributed by atoms with E-state index in [1.807, 2.05) is 0 Å². The number of hydrogen-bond acceptors (Lipinski definition) is 6. The molecule has 36 heavy (non-hydrogen) atoms. The lowest BCUT2D eigenvalue weighted by atomic mass is 9.97. The lowest BCUT2D eigenvalue weighted by Gasteiger charge is -2.29. The molecule has 3 fully saturated rings. The van der Waals surface area contributed by atoms with Gasteiger partial charge in [-0.05, 0) is 64.2 Å². The Morgan fingerprint density at radius 2 is 1.14 bits per heavy atom. The summed E-state index contributed by atoms with van der Waals surface area (Å²) in [6, 6.07) is 0. The van der Waals surface area contributed by atoms with E-state index in [0.29, 0.717) is 0 Å². The van der Waals surface area contributed by atoms with Crippen molar-refractivity contribution in [2.24, 2.45) is 0 Å². The monoisotopic (exact) mass is 494 g/mol.